The number of benzene rings is 3. The lowest BCUT2D eigenvalue weighted by atomic mass is 10.1. The molecule has 0 saturated carbocycles. The summed E-state index contributed by atoms with van der Waals surface area (Å²) in [5, 5.41) is 0.474. The van der Waals surface area contributed by atoms with Crippen LogP contribution in [-0.2, 0) is 9.84 Å². The molecule has 5 heteroatoms. The van der Waals surface area contributed by atoms with Crippen LogP contribution >= 0.6 is 11.6 Å². The third-order valence-corrected chi connectivity index (χ3v) is 6.35. The number of hydrogen-bond donors (Lipinski definition) is 0. The fraction of sp³-hybridized carbons (Fsp3) is 0.0870. The second kappa shape index (κ2) is 8.13. The van der Waals surface area contributed by atoms with E-state index in [9.17, 15) is 13.2 Å². The van der Waals surface area contributed by atoms with Crippen LogP contribution in [0.25, 0.3) is 6.08 Å². The molecule has 0 N–H and O–H groups in total. The predicted octanol–water partition coefficient (Wildman–Crippen LogP) is 5.65. The Hall–Kier alpha value is -2.69. The zero-order valence-corrected chi connectivity index (χ0v) is 17.1. The molecular formula is C23H19ClO3S. The van der Waals surface area contributed by atoms with Gasteiger partial charge < -0.3 is 0 Å². The maximum absolute atomic E-state index is 13.3. The summed E-state index contributed by atoms with van der Waals surface area (Å²) in [6.07, 6.45) is 1.42. The monoisotopic (exact) mass is 410 g/mol. The first kappa shape index (κ1) is 20.1. The average Bonchev–Trinajstić information content (AvgIpc) is 2.68. The molecule has 0 aliphatic carbocycles. The average molecular weight is 411 g/mol. The minimum absolute atomic E-state index is 0.0822. The zero-order chi connectivity index (χ0) is 20.3. The molecule has 0 atom stereocenters. The van der Waals surface area contributed by atoms with Crippen molar-refractivity contribution in [2.75, 3.05) is 0 Å². The van der Waals surface area contributed by atoms with Crippen molar-refractivity contribution in [3.63, 3.8) is 0 Å². The number of Topliss-reactive ketones (excluding diaryl/α,β-unsaturated/α-hetero) is 1. The van der Waals surface area contributed by atoms with Crippen LogP contribution in [0.3, 0.4) is 0 Å². The first-order valence-corrected chi connectivity index (χ1v) is 10.5. The largest absolute Gasteiger partial charge is 0.288 e. The lowest BCUT2D eigenvalue weighted by Gasteiger charge is -2.10. The Kier molecular flexibility index (Phi) is 5.82. The number of halogens is 1. The van der Waals surface area contributed by atoms with E-state index in [4.69, 9.17) is 11.6 Å². The molecule has 0 bridgehead atoms. The molecule has 0 aliphatic heterocycles. The number of aryl methyl sites for hydroxylation is 2. The van der Waals surface area contributed by atoms with Gasteiger partial charge in [-0.2, -0.15) is 0 Å². The number of hydrogen-bond acceptors (Lipinski definition) is 3. The van der Waals surface area contributed by atoms with Crippen molar-refractivity contribution in [1.29, 1.82) is 0 Å². The van der Waals surface area contributed by atoms with E-state index in [0.717, 1.165) is 11.1 Å². The van der Waals surface area contributed by atoms with Crippen molar-refractivity contribution in [1.82, 2.24) is 0 Å². The number of carbonyl (C=O) groups excluding carboxylic acids is 1. The van der Waals surface area contributed by atoms with Gasteiger partial charge in [-0.1, -0.05) is 59.1 Å². The number of ketones is 1. The Labute approximate surface area is 170 Å². The standard InChI is InChI=1S/C23H19ClO3S/c1-16-3-7-18(8-4-16)15-22(23(25)19-9-11-20(24)12-10-19)28(26,27)21-13-5-17(2)6-14-21/h3-15H,1-2H3/b22-15+. The molecule has 0 aromatic heterocycles. The lowest BCUT2D eigenvalue weighted by Crippen LogP contribution is -2.14. The van der Waals surface area contributed by atoms with E-state index < -0.39 is 15.6 Å². The van der Waals surface area contributed by atoms with Gasteiger partial charge in [0.05, 0.1) is 4.90 Å². The van der Waals surface area contributed by atoms with E-state index in [-0.39, 0.29) is 15.4 Å². The maximum atomic E-state index is 13.3. The summed E-state index contributed by atoms with van der Waals surface area (Å²) in [6, 6.07) is 20.0. The van der Waals surface area contributed by atoms with Crippen molar-refractivity contribution in [2.45, 2.75) is 18.7 Å². The van der Waals surface area contributed by atoms with Crippen LogP contribution in [0.15, 0.2) is 82.6 Å². The van der Waals surface area contributed by atoms with Crippen molar-refractivity contribution < 1.29 is 13.2 Å². The summed E-state index contributed by atoms with van der Waals surface area (Å²) in [7, 11) is -4.01. The fourth-order valence-corrected chi connectivity index (χ4v) is 4.19. The highest BCUT2D eigenvalue weighted by molar-refractivity contribution is 7.96. The van der Waals surface area contributed by atoms with Gasteiger partial charge in [-0.05, 0) is 61.9 Å². The third-order valence-electron chi connectivity index (χ3n) is 4.33. The zero-order valence-electron chi connectivity index (χ0n) is 15.5. The SMILES string of the molecule is Cc1ccc(/C=C(\C(=O)c2ccc(Cl)cc2)S(=O)(=O)c2ccc(C)cc2)cc1. The van der Waals surface area contributed by atoms with E-state index in [1.807, 2.05) is 26.0 Å². The van der Waals surface area contributed by atoms with Gasteiger partial charge in [-0.3, -0.25) is 4.79 Å². The van der Waals surface area contributed by atoms with E-state index >= 15 is 0 Å². The Balaban J connectivity index is 2.16. The summed E-state index contributed by atoms with van der Waals surface area (Å²) in [4.78, 5) is 12.9. The smallest absolute Gasteiger partial charge is 0.210 e. The van der Waals surface area contributed by atoms with E-state index in [2.05, 4.69) is 0 Å². The van der Waals surface area contributed by atoms with Gasteiger partial charge in [-0.25, -0.2) is 8.42 Å². The van der Waals surface area contributed by atoms with Gasteiger partial charge in [0.25, 0.3) is 0 Å². The quantitative estimate of drug-likeness (QED) is 0.403. The number of sulfone groups is 1. The molecule has 0 saturated heterocycles. The molecule has 0 aliphatic rings. The molecule has 0 radical (unpaired) electrons. The predicted molar refractivity (Wildman–Crippen MR) is 113 cm³/mol. The van der Waals surface area contributed by atoms with Crippen LogP contribution in [0.4, 0.5) is 0 Å². The molecule has 0 spiro atoms. The van der Waals surface area contributed by atoms with Crippen LogP contribution in [0.2, 0.25) is 5.02 Å². The highest BCUT2D eigenvalue weighted by Gasteiger charge is 2.28. The summed E-state index contributed by atoms with van der Waals surface area (Å²) in [5.74, 6) is -0.571. The summed E-state index contributed by atoms with van der Waals surface area (Å²) in [5.41, 5.74) is 2.88. The van der Waals surface area contributed by atoms with Crippen LogP contribution in [0.5, 0.6) is 0 Å². The van der Waals surface area contributed by atoms with Gasteiger partial charge in [0.2, 0.25) is 15.6 Å². The summed E-state index contributed by atoms with van der Waals surface area (Å²) >= 11 is 5.90. The van der Waals surface area contributed by atoms with E-state index in [1.165, 1.54) is 30.3 Å². The first-order chi connectivity index (χ1) is 13.3. The Morgan fingerprint density at radius 2 is 1.29 bits per heavy atom. The Morgan fingerprint density at radius 3 is 1.82 bits per heavy atom. The normalized spacial score (nSPS) is 12.0. The third kappa shape index (κ3) is 4.41. The molecule has 0 amide bonds. The molecule has 3 aromatic rings. The lowest BCUT2D eigenvalue weighted by molar-refractivity contribution is 0.104. The number of rotatable bonds is 5. The molecule has 0 heterocycles. The summed E-state index contributed by atoms with van der Waals surface area (Å²) < 4.78 is 26.6. The second-order valence-electron chi connectivity index (χ2n) is 6.57. The van der Waals surface area contributed by atoms with E-state index in [1.54, 1.807) is 36.4 Å². The molecule has 0 unspecified atom stereocenters. The van der Waals surface area contributed by atoms with Gasteiger partial charge in [-0.15, -0.1) is 0 Å². The second-order valence-corrected chi connectivity index (χ2v) is 8.93. The topological polar surface area (TPSA) is 51.2 Å². The minimum Gasteiger partial charge on any atom is -0.288 e. The maximum Gasteiger partial charge on any atom is 0.210 e. The van der Waals surface area contributed by atoms with Crippen LogP contribution < -0.4 is 0 Å². The molecule has 3 rings (SSSR count). The minimum atomic E-state index is -4.01. The Morgan fingerprint density at radius 1 is 0.786 bits per heavy atom. The van der Waals surface area contributed by atoms with Crippen molar-refractivity contribution in [3.8, 4) is 0 Å². The van der Waals surface area contributed by atoms with Gasteiger partial charge >= 0.3 is 0 Å². The molecule has 28 heavy (non-hydrogen) atoms. The first-order valence-electron chi connectivity index (χ1n) is 8.68. The fourth-order valence-electron chi connectivity index (χ4n) is 2.67. The van der Waals surface area contributed by atoms with Crippen molar-refractivity contribution >= 4 is 33.3 Å². The molecule has 142 valence electrons. The van der Waals surface area contributed by atoms with Crippen LogP contribution in [0, 0.1) is 13.8 Å². The van der Waals surface area contributed by atoms with E-state index in [0.29, 0.717) is 10.6 Å². The Bertz CT molecular complexity index is 1130. The number of allylic oxidation sites excluding steroid dienone is 1. The molecule has 3 nitrogen and oxygen atoms in total. The molecule has 0 fully saturated rings. The van der Waals surface area contributed by atoms with Gasteiger partial charge in [0.15, 0.2) is 0 Å². The van der Waals surface area contributed by atoms with Crippen molar-refractivity contribution in [2.24, 2.45) is 0 Å². The van der Waals surface area contributed by atoms with Crippen LogP contribution in [0.1, 0.15) is 27.0 Å². The van der Waals surface area contributed by atoms with Gasteiger partial charge in [0, 0.05) is 10.6 Å². The molecular weight excluding hydrogens is 392 g/mol. The highest BCUT2D eigenvalue weighted by atomic mass is 35.5. The van der Waals surface area contributed by atoms with Gasteiger partial charge in [0.1, 0.15) is 4.91 Å². The van der Waals surface area contributed by atoms with Crippen molar-refractivity contribution in [3.05, 3.63) is 105 Å². The molecule has 3 aromatic carbocycles. The van der Waals surface area contributed by atoms with Crippen LogP contribution in [-0.4, -0.2) is 14.2 Å². The number of carbonyl (C=O) groups is 1. The highest BCUT2D eigenvalue weighted by Crippen LogP contribution is 2.26. The summed E-state index contributed by atoms with van der Waals surface area (Å²) in [6.45, 7) is 3.81.